The van der Waals surface area contributed by atoms with Crippen LogP contribution in [0.5, 0.6) is 0 Å². The molecular formula is C15H16BrFN2O. The van der Waals surface area contributed by atoms with Gasteiger partial charge in [0.2, 0.25) is 0 Å². The number of likely N-dealkylation sites (tertiary alicyclic amines) is 1. The molecule has 0 N–H and O–H groups in total. The predicted octanol–water partition coefficient (Wildman–Crippen LogP) is 4.22. The van der Waals surface area contributed by atoms with Crippen molar-refractivity contribution in [3.63, 3.8) is 0 Å². The summed E-state index contributed by atoms with van der Waals surface area (Å²) in [4.78, 5) is 2.36. The molecule has 20 heavy (non-hydrogen) atoms. The molecule has 1 fully saturated rings. The van der Waals surface area contributed by atoms with Crippen LogP contribution in [0.25, 0.3) is 0 Å². The quantitative estimate of drug-likeness (QED) is 0.838. The van der Waals surface area contributed by atoms with Gasteiger partial charge in [0.25, 0.3) is 0 Å². The zero-order valence-electron chi connectivity index (χ0n) is 11.3. The van der Waals surface area contributed by atoms with Crippen molar-refractivity contribution < 1.29 is 8.91 Å². The van der Waals surface area contributed by atoms with E-state index in [0.717, 1.165) is 42.9 Å². The number of rotatable bonds is 3. The van der Waals surface area contributed by atoms with Gasteiger partial charge in [-0.2, -0.15) is 0 Å². The van der Waals surface area contributed by atoms with Crippen molar-refractivity contribution in [2.75, 3.05) is 6.54 Å². The van der Waals surface area contributed by atoms with Gasteiger partial charge in [-0.1, -0.05) is 11.2 Å². The second-order valence-corrected chi connectivity index (χ2v) is 6.10. The molecule has 2 heterocycles. The normalized spacial score (nSPS) is 19.6. The highest BCUT2D eigenvalue weighted by molar-refractivity contribution is 9.10. The Hall–Kier alpha value is -1.20. The number of benzene rings is 1. The zero-order chi connectivity index (χ0) is 14.1. The fraction of sp³-hybridized carbons (Fsp3) is 0.400. The van der Waals surface area contributed by atoms with E-state index in [9.17, 15) is 4.39 Å². The molecule has 0 bridgehead atoms. The number of nitrogens with zero attached hydrogens (tertiary/aromatic N) is 2. The molecule has 0 unspecified atom stereocenters. The van der Waals surface area contributed by atoms with Crippen LogP contribution in [0.2, 0.25) is 0 Å². The van der Waals surface area contributed by atoms with Gasteiger partial charge >= 0.3 is 0 Å². The van der Waals surface area contributed by atoms with Crippen LogP contribution >= 0.6 is 15.9 Å². The molecule has 1 aliphatic rings. The first kappa shape index (κ1) is 13.8. The number of hydrogen-bond acceptors (Lipinski definition) is 3. The van der Waals surface area contributed by atoms with Crippen LogP contribution in [-0.2, 0) is 6.54 Å². The minimum absolute atomic E-state index is 0.224. The Morgan fingerprint density at radius 3 is 3.00 bits per heavy atom. The van der Waals surface area contributed by atoms with E-state index in [1.54, 1.807) is 0 Å². The average molecular weight is 339 g/mol. The third-order valence-electron chi connectivity index (χ3n) is 3.71. The lowest BCUT2D eigenvalue weighted by molar-refractivity contribution is 0.206. The van der Waals surface area contributed by atoms with Gasteiger partial charge in [0.1, 0.15) is 5.82 Å². The summed E-state index contributed by atoms with van der Waals surface area (Å²) in [5.74, 6) is 0.707. The molecule has 1 aliphatic heterocycles. The molecule has 3 rings (SSSR count). The summed E-state index contributed by atoms with van der Waals surface area (Å²) in [6.07, 6.45) is 2.23. The molecule has 1 atom stereocenters. The number of halogens is 2. The molecule has 0 radical (unpaired) electrons. The van der Waals surface area contributed by atoms with E-state index in [0.29, 0.717) is 4.47 Å². The van der Waals surface area contributed by atoms with Crippen LogP contribution in [0.1, 0.15) is 35.9 Å². The highest BCUT2D eigenvalue weighted by atomic mass is 79.9. The maximum atomic E-state index is 13.3. The Kier molecular flexibility index (Phi) is 3.89. The first-order valence-electron chi connectivity index (χ1n) is 6.74. The van der Waals surface area contributed by atoms with Crippen LogP contribution in [0.3, 0.4) is 0 Å². The lowest BCUT2D eigenvalue weighted by Gasteiger charge is -2.22. The van der Waals surface area contributed by atoms with Gasteiger partial charge in [-0.05, 0) is 59.9 Å². The third kappa shape index (κ3) is 2.79. The Labute approximate surface area is 125 Å². The second-order valence-electron chi connectivity index (χ2n) is 5.25. The minimum atomic E-state index is -0.224. The molecule has 1 saturated heterocycles. The molecule has 0 saturated carbocycles. The summed E-state index contributed by atoms with van der Waals surface area (Å²) in [5.41, 5.74) is 2.01. The molecule has 1 aromatic carbocycles. The average Bonchev–Trinajstić information content (AvgIpc) is 3.03. The van der Waals surface area contributed by atoms with E-state index in [2.05, 4.69) is 26.0 Å². The fourth-order valence-electron chi connectivity index (χ4n) is 2.75. The fourth-order valence-corrected chi connectivity index (χ4v) is 3.18. The van der Waals surface area contributed by atoms with Crippen molar-refractivity contribution >= 4 is 15.9 Å². The van der Waals surface area contributed by atoms with Gasteiger partial charge < -0.3 is 4.52 Å². The van der Waals surface area contributed by atoms with Crippen molar-refractivity contribution in [2.45, 2.75) is 32.4 Å². The van der Waals surface area contributed by atoms with Gasteiger partial charge in [0.05, 0.1) is 16.2 Å². The van der Waals surface area contributed by atoms with E-state index in [-0.39, 0.29) is 11.9 Å². The molecule has 3 nitrogen and oxygen atoms in total. The van der Waals surface area contributed by atoms with Crippen LogP contribution in [0, 0.1) is 12.7 Å². The van der Waals surface area contributed by atoms with Crippen LogP contribution < -0.4 is 0 Å². The molecular weight excluding hydrogens is 323 g/mol. The molecule has 5 heteroatoms. The first-order valence-corrected chi connectivity index (χ1v) is 7.54. The Morgan fingerprint density at radius 2 is 2.30 bits per heavy atom. The van der Waals surface area contributed by atoms with E-state index in [1.165, 1.54) is 6.07 Å². The lowest BCUT2D eigenvalue weighted by Crippen LogP contribution is -2.22. The summed E-state index contributed by atoms with van der Waals surface area (Å²) in [5, 5.41) is 3.97. The van der Waals surface area contributed by atoms with Gasteiger partial charge in [0, 0.05) is 12.6 Å². The standard InChI is InChI=1S/C15H16BrFN2O/c1-10-7-15(20-18-10)14-3-2-6-19(14)9-11-4-5-13(17)12(16)8-11/h4-5,7-8,14H,2-3,6,9H2,1H3/t14-/m1/s1. The van der Waals surface area contributed by atoms with Crippen LogP contribution in [0.4, 0.5) is 4.39 Å². The van der Waals surface area contributed by atoms with Gasteiger partial charge in [0.15, 0.2) is 5.76 Å². The van der Waals surface area contributed by atoms with Gasteiger partial charge in [-0.15, -0.1) is 0 Å². The summed E-state index contributed by atoms with van der Waals surface area (Å²) in [7, 11) is 0. The van der Waals surface area contributed by atoms with Crippen LogP contribution in [-0.4, -0.2) is 16.6 Å². The largest absolute Gasteiger partial charge is 0.359 e. The maximum absolute atomic E-state index is 13.3. The molecule has 2 aromatic rings. The van der Waals surface area contributed by atoms with Crippen molar-refractivity contribution in [3.8, 4) is 0 Å². The van der Waals surface area contributed by atoms with E-state index >= 15 is 0 Å². The Bertz CT molecular complexity index is 614. The molecule has 106 valence electrons. The highest BCUT2D eigenvalue weighted by Crippen LogP contribution is 2.33. The zero-order valence-corrected chi connectivity index (χ0v) is 12.9. The van der Waals surface area contributed by atoms with Crippen molar-refractivity contribution in [3.05, 3.63) is 51.6 Å². The minimum Gasteiger partial charge on any atom is -0.359 e. The van der Waals surface area contributed by atoms with Crippen LogP contribution in [0.15, 0.2) is 33.3 Å². The SMILES string of the molecule is Cc1cc([C@H]2CCCN2Cc2ccc(F)c(Br)c2)on1. The molecule has 1 aromatic heterocycles. The van der Waals surface area contributed by atoms with Crippen molar-refractivity contribution in [2.24, 2.45) is 0 Å². The maximum Gasteiger partial charge on any atom is 0.154 e. The highest BCUT2D eigenvalue weighted by Gasteiger charge is 2.29. The molecule has 0 amide bonds. The summed E-state index contributed by atoms with van der Waals surface area (Å²) in [6.45, 7) is 3.76. The lowest BCUT2D eigenvalue weighted by atomic mass is 10.1. The number of hydrogen-bond donors (Lipinski definition) is 0. The Balaban J connectivity index is 1.77. The topological polar surface area (TPSA) is 29.3 Å². The summed E-state index contributed by atoms with van der Waals surface area (Å²) >= 11 is 3.24. The van der Waals surface area contributed by atoms with Gasteiger partial charge in [-0.25, -0.2) is 4.39 Å². The summed E-state index contributed by atoms with van der Waals surface area (Å²) < 4.78 is 19.2. The van der Waals surface area contributed by atoms with E-state index < -0.39 is 0 Å². The third-order valence-corrected chi connectivity index (χ3v) is 4.32. The smallest absolute Gasteiger partial charge is 0.154 e. The second kappa shape index (κ2) is 5.66. The van der Waals surface area contributed by atoms with E-state index in [4.69, 9.17) is 4.52 Å². The monoisotopic (exact) mass is 338 g/mol. The van der Waals surface area contributed by atoms with Gasteiger partial charge in [-0.3, -0.25) is 4.90 Å². The predicted molar refractivity (Wildman–Crippen MR) is 77.7 cm³/mol. The first-order chi connectivity index (χ1) is 9.63. The van der Waals surface area contributed by atoms with Crippen molar-refractivity contribution in [1.29, 1.82) is 0 Å². The number of aromatic nitrogens is 1. The van der Waals surface area contributed by atoms with E-state index in [1.807, 2.05) is 25.1 Å². The number of aryl methyl sites for hydroxylation is 1. The molecule has 0 aliphatic carbocycles. The molecule has 0 spiro atoms. The summed E-state index contributed by atoms with van der Waals surface area (Å²) in [6, 6.07) is 7.46. The Morgan fingerprint density at radius 1 is 1.45 bits per heavy atom. The van der Waals surface area contributed by atoms with Crippen molar-refractivity contribution in [1.82, 2.24) is 10.1 Å².